The van der Waals surface area contributed by atoms with Crippen LogP contribution < -0.4 is 10.6 Å². The Labute approximate surface area is 184 Å². The first-order valence-electron chi connectivity index (χ1n) is 9.81. The molecule has 0 aliphatic carbocycles. The molecule has 0 radical (unpaired) electrons. The Hall–Kier alpha value is -3.90. The molecule has 1 aromatic heterocycles. The number of halogens is 1. The summed E-state index contributed by atoms with van der Waals surface area (Å²) in [4.78, 5) is 17.1. The standard InChI is InChI=1S/C24H18ClN5O/c25-19-14-8-7-13-18(19)21-15-20(16-9-3-1-4-10-16)26-24-28-23(29-30(21)24)27-22(31)17-11-5-2-6-12-17/h1-15,21H,(H2,26,27,28,29,31). The van der Waals surface area contributed by atoms with Gasteiger partial charge in [-0.3, -0.25) is 10.1 Å². The lowest BCUT2D eigenvalue weighted by atomic mass is 10.0. The number of rotatable bonds is 4. The van der Waals surface area contributed by atoms with Crippen LogP contribution >= 0.6 is 11.6 Å². The average Bonchev–Trinajstić information content (AvgIpc) is 3.22. The van der Waals surface area contributed by atoms with Crippen molar-refractivity contribution in [3.05, 3.63) is 113 Å². The second-order valence-corrected chi connectivity index (χ2v) is 7.47. The fraction of sp³-hybridized carbons (Fsp3) is 0.0417. The summed E-state index contributed by atoms with van der Waals surface area (Å²) in [6.07, 6.45) is 2.06. The number of aromatic nitrogens is 3. The lowest BCUT2D eigenvalue weighted by Gasteiger charge is -2.24. The van der Waals surface area contributed by atoms with Crippen LogP contribution in [0.4, 0.5) is 11.9 Å². The Bertz CT molecular complexity index is 1270. The van der Waals surface area contributed by atoms with E-state index in [-0.39, 0.29) is 17.9 Å². The second kappa shape index (κ2) is 8.08. The van der Waals surface area contributed by atoms with Gasteiger partial charge in [0, 0.05) is 16.3 Å². The molecule has 0 bridgehead atoms. The molecule has 6 nitrogen and oxygen atoms in total. The number of benzene rings is 3. The highest BCUT2D eigenvalue weighted by atomic mass is 35.5. The van der Waals surface area contributed by atoms with Crippen molar-refractivity contribution < 1.29 is 4.79 Å². The van der Waals surface area contributed by atoms with Crippen LogP contribution in [0.3, 0.4) is 0 Å². The largest absolute Gasteiger partial charge is 0.324 e. The van der Waals surface area contributed by atoms with Crippen molar-refractivity contribution in [3.8, 4) is 0 Å². The second-order valence-electron chi connectivity index (χ2n) is 7.06. The molecule has 0 fully saturated rings. The Morgan fingerprint density at radius 2 is 1.61 bits per heavy atom. The molecule has 2 heterocycles. The van der Waals surface area contributed by atoms with E-state index in [1.165, 1.54) is 0 Å². The average molecular weight is 428 g/mol. The molecule has 1 atom stereocenters. The van der Waals surface area contributed by atoms with Crippen molar-refractivity contribution in [2.24, 2.45) is 0 Å². The Kier molecular flexibility index (Phi) is 4.98. The molecule has 31 heavy (non-hydrogen) atoms. The third kappa shape index (κ3) is 3.81. The molecule has 0 saturated heterocycles. The number of hydrogen-bond acceptors (Lipinski definition) is 4. The molecule has 4 aromatic rings. The summed E-state index contributed by atoms with van der Waals surface area (Å²) in [5, 5.41) is 11.3. The lowest BCUT2D eigenvalue weighted by molar-refractivity contribution is 0.102. The smallest absolute Gasteiger partial charge is 0.258 e. The zero-order chi connectivity index (χ0) is 21.2. The monoisotopic (exact) mass is 427 g/mol. The van der Waals surface area contributed by atoms with Crippen molar-refractivity contribution in [3.63, 3.8) is 0 Å². The van der Waals surface area contributed by atoms with Crippen LogP contribution in [0.1, 0.15) is 27.5 Å². The summed E-state index contributed by atoms with van der Waals surface area (Å²) < 4.78 is 1.73. The quantitative estimate of drug-likeness (QED) is 0.467. The van der Waals surface area contributed by atoms with Crippen LogP contribution in [0.2, 0.25) is 5.02 Å². The molecule has 0 saturated carbocycles. The number of nitrogens with zero attached hydrogens (tertiary/aromatic N) is 3. The molecule has 1 unspecified atom stereocenters. The van der Waals surface area contributed by atoms with Crippen LogP contribution in [-0.4, -0.2) is 20.7 Å². The molecule has 1 amide bonds. The summed E-state index contributed by atoms with van der Waals surface area (Å²) in [5.74, 6) is 0.472. The molecule has 5 rings (SSSR count). The number of carbonyl (C=O) groups is 1. The maximum Gasteiger partial charge on any atom is 0.258 e. The lowest BCUT2D eigenvalue weighted by Crippen LogP contribution is -2.20. The van der Waals surface area contributed by atoms with E-state index in [0.717, 1.165) is 16.8 Å². The van der Waals surface area contributed by atoms with Gasteiger partial charge in [0.25, 0.3) is 11.9 Å². The van der Waals surface area contributed by atoms with E-state index in [1.807, 2.05) is 72.8 Å². The maximum absolute atomic E-state index is 12.6. The Morgan fingerprint density at radius 1 is 0.935 bits per heavy atom. The number of hydrogen-bond donors (Lipinski definition) is 2. The first-order chi connectivity index (χ1) is 15.2. The topological polar surface area (TPSA) is 71.8 Å². The summed E-state index contributed by atoms with van der Waals surface area (Å²) in [6.45, 7) is 0. The van der Waals surface area contributed by atoms with Crippen molar-refractivity contribution in [1.82, 2.24) is 14.8 Å². The summed E-state index contributed by atoms with van der Waals surface area (Å²) in [6, 6.07) is 26.3. The predicted molar refractivity (Wildman–Crippen MR) is 122 cm³/mol. The van der Waals surface area contributed by atoms with Gasteiger partial charge in [0.1, 0.15) is 6.04 Å². The maximum atomic E-state index is 12.6. The molecule has 3 aromatic carbocycles. The number of amides is 1. The zero-order valence-corrected chi connectivity index (χ0v) is 17.1. The van der Waals surface area contributed by atoms with Gasteiger partial charge in [-0.2, -0.15) is 4.98 Å². The van der Waals surface area contributed by atoms with Gasteiger partial charge in [0.15, 0.2) is 0 Å². The van der Waals surface area contributed by atoms with Crippen LogP contribution in [-0.2, 0) is 0 Å². The molecular weight excluding hydrogens is 410 g/mol. The summed E-state index contributed by atoms with van der Waals surface area (Å²) in [5.41, 5.74) is 3.34. The van der Waals surface area contributed by atoms with Crippen LogP contribution in [0.5, 0.6) is 0 Å². The van der Waals surface area contributed by atoms with E-state index in [1.54, 1.807) is 16.8 Å². The Balaban J connectivity index is 1.54. The van der Waals surface area contributed by atoms with Gasteiger partial charge in [0.2, 0.25) is 5.95 Å². The zero-order valence-electron chi connectivity index (χ0n) is 16.4. The first kappa shape index (κ1) is 19.1. The Morgan fingerprint density at radius 3 is 2.35 bits per heavy atom. The molecule has 7 heteroatoms. The molecule has 1 aliphatic heterocycles. The highest BCUT2D eigenvalue weighted by molar-refractivity contribution is 6.31. The minimum atomic E-state index is -0.282. The molecule has 0 spiro atoms. The number of carbonyl (C=O) groups excluding carboxylic acids is 1. The SMILES string of the molecule is O=C(Nc1nc2n(n1)C(c1ccccc1Cl)C=C(c1ccccc1)N2)c1ccccc1. The fourth-order valence-electron chi connectivity index (χ4n) is 3.53. The van der Waals surface area contributed by atoms with Gasteiger partial charge in [-0.25, -0.2) is 4.68 Å². The van der Waals surface area contributed by atoms with Crippen molar-refractivity contribution in [2.75, 3.05) is 10.6 Å². The van der Waals surface area contributed by atoms with Crippen molar-refractivity contribution in [1.29, 1.82) is 0 Å². The number of anilines is 2. The van der Waals surface area contributed by atoms with Crippen molar-refractivity contribution >= 4 is 35.1 Å². The van der Waals surface area contributed by atoms with Crippen molar-refractivity contribution in [2.45, 2.75) is 6.04 Å². The number of allylic oxidation sites excluding steroid dienone is 1. The van der Waals surface area contributed by atoms with Gasteiger partial charge in [-0.15, -0.1) is 5.10 Å². The van der Waals surface area contributed by atoms with E-state index in [9.17, 15) is 4.79 Å². The number of nitrogens with one attached hydrogen (secondary N) is 2. The highest BCUT2D eigenvalue weighted by Gasteiger charge is 2.27. The van der Waals surface area contributed by atoms with E-state index in [0.29, 0.717) is 16.5 Å². The van der Waals surface area contributed by atoms with E-state index < -0.39 is 0 Å². The normalized spacial score (nSPS) is 14.9. The molecular formula is C24H18ClN5O. The van der Waals surface area contributed by atoms with E-state index >= 15 is 0 Å². The van der Waals surface area contributed by atoms with E-state index in [4.69, 9.17) is 11.6 Å². The molecule has 1 aliphatic rings. The van der Waals surface area contributed by atoms with Gasteiger partial charge in [-0.1, -0.05) is 78.3 Å². The van der Waals surface area contributed by atoms with Gasteiger partial charge >= 0.3 is 0 Å². The fourth-order valence-corrected chi connectivity index (χ4v) is 3.78. The van der Waals surface area contributed by atoms with Crippen LogP contribution in [0, 0.1) is 0 Å². The number of fused-ring (bicyclic) bond motifs is 1. The summed E-state index contributed by atoms with van der Waals surface area (Å²) >= 11 is 6.51. The van der Waals surface area contributed by atoms with Crippen LogP contribution in [0.15, 0.2) is 91.0 Å². The third-order valence-corrected chi connectivity index (χ3v) is 5.38. The first-order valence-corrected chi connectivity index (χ1v) is 10.2. The minimum Gasteiger partial charge on any atom is -0.324 e. The predicted octanol–water partition coefficient (Wildman–Crippen LogP) is 5.24. The molecule has 152 valence electrons. The van der Waals surface area contributed by atoms with E-state index in [2.05, 4.69) is 26.8 Å². The third-order valence-electron chi connectivity index (χ3n) is 5.04. The van der Waals surface area contributed by atoms with Gasteiger partial charge < -0.3 is 5.32 Å². The van der Waals surface area contributed by atoms with Gasteiger partial charge in [0.05, 0.1) is 0 Å². The molecule has 2 N–H and O–H groups in total. The minimum absolute atomic E-state index is 0.219. The summed E-state index contributed by atoms with van der Waals surface area (Å²) in [7, 11) is 0. The van der Waals surface area contributed by atoms with Crippen LogP contribution in [0.25, 0.3) is 5.70 Å². The highest BCUT2D eigenvalue weighted by Crippen LogP contribution is 2.35. The van der Waals surface area contributed by atoms with Gasteiger partial charge in [-0.05, 0) is 35.4 Å².